The van der Waals surface area contributed by atoms with Crippen LogP contribution in [0.3, 0.4) is 0 Å². The number of rotatable bonds is 7. The summed E-state index contributed by atoms with van der Waals surface area (Å²) in [6.07, 6.45) is 2.53. The molecular formula is C20H23N3O2. The smallest absolute Gasteiger partial charge is 0.119 e. The molecule has 1 heterocycles. The average molecular weight is 337 g/mol. The van der Waals surface area contributed by atoms with Crippen LogP contribution in [0.1, 0.15) is 25.0 Å². The summed E-state index contributed by atoms with van der Waals surface area (Å²) in [5.41, 5.74) is 2.41. The standard InChI is InChI=1S/C20H23N3O2/c1-20(2,16-6-4-3-5-7-16)17-8-10-19(11-9-17)25-13-18(24)12-23-14-21-22-15-23/h3-11,14-15,18,24H,12-13H2,1-2H3/t18-/m1/s1. The van der Waals surface area contributed by atoms with Crippen LogP contribution in [0.15, 0.2) is 67.3 Å². The molecule has 5 nitrogen and oxygen atoms in total. The van der Waals surface area contributed by atoms with E-state index in [2.05, 4.69) is 60.4 Å². The highest BCUT2D eigenvalue weighted by atomic mass is 16.5. The zero-order valence-corrected chi connectivity index (χ0v) is 14.5. The SMILES string of the molecule is CC(C)(c1ccccc1)c1ccc(OC[C@H](O)Cn2cnnc2)cc1. The molecule has 25 heavy (non-hydrogen) atoms. The Kier molecular flexibility index (Phi) is 5.14. The minimum Gasteiger partial charge on any atom is -0.491 e. The van der Waals surface area contributed by atoms with Crippen molar-refractivity contribution in [3.05, 3.63) is 78.4 Å². The third-order valence-corrected chi connectivity index (χ3v) is 4.40. The van der Waals surface area contributed by atoms with Crippen molar-refractivity contribution in [1.29, 1.82) is 0 Å². The van der Waals surface area contributed by atoms with Crippen LogP contribution >= 0.6 is 0 Å². The number of benzene rings is 2. The van der Waals surface area contributed by atoms with Crippen molar-refractivity contribution < 1.29 is 9.84 Å². The van der Waals surface area contributed by atoms with E-state index >= 15 is 0 Å². The summed E-state index contributed by atoms with van der Waals surface area (Å²) in [5, 5.41) is 17.4. The number of aliphatic hydroxyl groups is 1. The summed E-state index contributed by atoms with van der Waals surface area (Å²) in [7, 11) is 0. The quantitative estimate of drug-likeness (QED) is 0.720. The minimum absolute atomic E-state index is 0.0757. The summed E-state index contributed by atoms with van der Waals surface area (Å²) in [6, 6.07) is 18.5. The fourth-order valence-electron chi connectivity index (χ4n) is 2.79. The second-order valence-corrected chi connectivity index (χ2v) is 6.64. The van der Waals surface area contributed by atoms with Gasteiger partial charge in [0, 0.05) is 5.41 Å². The number of hydrogen-bond acceptors (Lipinski definition) is 4. The van der Waals surface area contributed by atoms with Gasteiger partial charge in [-0.25, -0.2) is 0 Å². The van der Waals surface area contributed by atoms with Gasteiger partial charge in [0.1, 0.15) is 31.1 Å². The van der Waals surface area contributed by atoms with Crippen molar-refractivity contribution in [2.24, 2.45) is 0 Å². The van der Waals surface area contributed by atoms with E-state index in [1.165, 1.54) is 11.1 Å². The van der Waals surface area contributed by atoms with Crippen LogP contribution in [-0.2, 0) is 12.0 Å². The van der Waals surface area contributed by atoms with Crippen LogP contribution in [0, 0.1) is 0 Å². The Morgan fingerprint density at radius 3 is 2.20 bits per heavy atom. The highest BCUT2D eigenvalue weighted by molar-refractivity contribution is 5.39. The van der Waals surface area contributed by atoms with Crippen LogP contribution < -0.4 is 4.74 Å². The van der Waals surface area contributed by atoms with E-state index in [1.807, 2.05) is 18.2 Å². The Morgan fingerprint density at radius 1 is 0.960 bits per heavy atom. The van der Waals surface area contributed by atoms with E-state index in [0.717, 1.165) is 5.75 Å². The molecule has 0 amide bonds. The van der Waals surface area contributed by atoms with E-state index in [1.54, 1.807) is 17.2 Å². The molecule has 0 aliphatic carbocycles. The molecule has 130 valence electrons. The molecule has 0 aliphatic heterocycles. The lowest BCUT2D eigenvalue weighted by molar-refractivity contribution is 0.0923. The third-order valence-electron chi connectivity index (χ3n) is 4.40. The predicted molar refractivity (Wildman–Crippen MR) is 96.5 cm³/mol. The summed E-state index contributed by atoms with van der Waals surface area (Å²) in [6.45, 7) is 5.05. The molecule has 0 radical (unpaired) electrons. The molecule has 0 fully saturated rings. The second kappa shape index (κ2) is 7.49. The monoisotopic (exact) mass is 337 g/mol. The zero-order chi connectivity index (χ0) is 17.7. The van der Waals surface area contributed by atoms with Crippen LogP contribution in [0.4, 0.5) is 0 Å². The maximum absolute atomic E-state index is 10.0. The van der Waals surface area contributed by atoms with Gasteiger partial charge >= 0.3 is 0 Å². The van der Waals surface area contributed by atoms with Gasteiger partial charge in [0.15, 0.2) is 0 Å². The summed E-state index contributed by atoms with van der Waals surface area (Å²) < 4.78 is 7.41. The van der Waals surface area contributed by atoms with Crippen LogP contribution in [0.2, 0.25) is 0 Å². The summed E-state index contributed by atoms with van der Waals surface area (Å²) in [5.74, 6) is 0.746. The van der Waals surface area contributed by atoms with E-state index in [9.17, 15) is 5.11 Å². The number of hydrogen-bond donors (Lipinski definition) is 1. The van der Waals surface area contributed by atoms with Gasteiger partial charge in [-0.3, -0.25) is 0 Å². The Bertz CT molecular complexity index is 768. The summed E-state index contributed by atoms with van der Waals surface area (Å²) in [4.78, 5) is 0. The Balaban J connectivity index is 1.60. The lowest BCUT2D eigenvalue weighted by atomic mass is 9.78. The van der Waals surface area contributed by atoms with Crippen LogP contribution in [0.5, 0.6) is 5.75 Å². The number of aromatic nitrogens is 3. The van der Waals surface area contributed by atoms with E-state index in [0.29, 0.717) is 6.54 Å². The maximum atomic E-state index is 10.0. The molecule has 1 N–H and O–H groups in total. The molecule has 2 aromatic carbocycles. The van der Waals surface area contributed by atoms with Gasteiger partial charge in [-0.05, 0) is 23.3 Å². The first-order chi connectivity index (χ1) is 12.1. The fraction of sp³-hybridized carbons (Fsp3) is 0.300. The average Bonchev–Trinajstić information content (AvgIpc) is 3.14. The predicted octanol–water partition coefficient (Wildman–Crippen LogP) is 3.04. The van der Waals surface area contributed by atoms with Gasteiger partial charge in [0.05, 0.1) is 6.54 Å². The molecule has 0 saturated carbocycles. The van der Waals surface area contributed by atoms with Crippen LogP contribution in [-0.4, -0.2) is 32.6 Å². The Morgan fingerprint density at radius 2 is 1.56 bits per heavy atom. The van der Waals surface area contributed by atoms with E-state index in [-0.39, 0.29) is 12.0 Å². The highest BCUT2D eigenvalue weighted by Crippen LogP contribution is 2.32. The molecule has 0 saturated heterocycles. The van der Waals surface area contributed by atoms with Crippen molar-refractivity contribution in [2.75, 3.05) is 6.61 Å². The van der Waals surface area contributed by atoms with Gasteiger partial charge in [-0.2, -0.15) is 0 Å². The first kappa shape index (κ1) is 17.2. The zero-order valence-electron chi connectivity index (χ0n) is 14.5. The maximum Gasteiger partial charge on any atom is 0.119 e. The van der Waals surface area contributed by atoms with Crippen molar-refractivity contribution in [1.82, 2.24) is 14.8 Å². The lowest BCUT2D eigenvalue weighted by Gasteiger charge is -2.26. The normalized spacial score (nSPS) is 12.8. The molecule has 3 aromatic rings. The van der Waals surface area contributed by atoms with E-state index in [4.69, 9.17) is 4.74 Å². The molecule has 0 unspecified atom stereocenters. The number of aliphatic hydroxyl groups excluding tert-OH is 1. The molecule has 0 aliphatic rings. The highest BCUT2D eigenvalue weighted by Gasteiger charge is 2.22. The fourth-order valence-corrected chi connectivity index (χ4v) is 2.79. The van der Waals surface area contributed by atoms with Crippen molar-refractivity contribution >= 4 is 0 Å². The Hall–Kier alpha value is -2.66. The topological polar surface area (TPSA) is 60.2 Å². The minimum atomic E-state index is -0.614. The first-order valence-electron chi connectivity index (χ1n) is 8.35. The van der Waals surface area contributed by atoms with Gasteiger partial charge in [-0.15, -0.1) is 10.2 Å². The van der Waals surface area contributed by atoms with E-state index < -0.39 is 6.10 Å². The van der Waals surface area contributed by atoms with Crippen molar-refractivity contribution in [3.8, 4) is 5.75 Å². The van der Waals surface area contributed by atoms with Gasteiger partial charge in [0.25, 0.3) is 0 Å². The molecular weight excluding hydrogens is 314 g/mol. The van der Waals surface area contributed by atoms with Gasteiger partial charge in [-0.1, -0.05) is 56.3 Å². The first-order valence-corrected chi connectivity index (χ1v) is 8.35. The van der Waals surface area contributed by atoms with Crippen molar-refractivity contribution in [2.45, 2.75) is 31.9 Å². The summed E-state index contributed by atoms with van der Waals surface area (Å²) >= 11 is 0. The number of ether oxygens (including phenoxy) is 1. The molecule has 1 atom stereocenters. The second-order valence-electron chi connectivity index (χ2n) is 6.64. The van der Waals surface area contributed by atoms with Gasteiger partial charge in [0.2, 0.25) is 0 Å². The largest absolute Gasteiger partial charge is 0.491 e. The molecule has 5 heteroatoms. The Labute approximate surface area is 147 Å². The van der Waals surface area contributed by atoms with Crippen molar-refractivity contribution in [3.63, 3.8) is 0 Å². The molecule has 3 rings (SSSR count). The molecule has 0 bridgehead atoms. The molecule has 1 aromatic heterocycles. The molecule has 0 spiro atoms. The van der Waals surface area contributed by atoms with Crippen LogP contribution in [0.25, 0.3) is 0 Å². The number of nitrogens with zero attached hydrogens (tertiary/aromatic N) is 3. The third kappa shape index (κ3) is 4.25. The lowest BCUT2D eigenvalue weighted by Crippen LogP contribution is -2.23. The van der Waals surface area contributed by atoms with Gasteiger partial charge < -0.3 is 14.4 Å².